The van der Waals surface area contributed by atoms with Crippen LogP contribution in [0.4, 0.5) is 5.69 Å². The number of H-pyrrole nitrogens is 1. The Hall–Kier alpha value is -2.94. The molecule has 0 aliphatic carbocycles. The van der Waals surface area contributed by atoms with Gasteiger partial charge >= 0.3 is 0 Å². The number of nitrogens with one attached hydrogen (secondary N) is 1. The van der Waals surface area contributed by atoms with Crippen molar-refractivity contribution >= 4 is 40.1 Å². The zero-order valence-electron chi connectivity index (χ0n) is 19.2. The van der Waals surface area contributed by atoms with Gasteiger partial charge in [-0.1, -0.05) is 30.7 Å². The summed E-state index contributed by atoms with van der Waals surface area (Å²) < 4.78 is 5.34. The van der Waals surface area contributed by atoms with Crippen molar-refractivity contribution in [2.24, 2.45) is 0 Å². The van der Waals surface area contributed by atoms with Crippen LogP contribution in [-0.2, 0) is 20.7 Å². The van der Waals surface area contributed by atoms with Crippen LogP contribution in [0.15, 0.2) is 36.7 Å². The number of pyridine rings is 1. The number of hydrogen-bond donors (Lipinski definition) is 1. The van der Waals surface area contributed by atoms with E-state index in [4.69, 9.17) is 16.3 Å². The Labute approximate surface area is 203 Å². The third-order valence-corrected chi connectivity index (χ3v) is 7.00. The summed E-state index contributed by atoms with van der Waals surface area (Å²) in [4.78, 5) is 38.9. The maximum absolute atomic E-state index is 13.0. The molecule has 2 saturated heterocycles. The Morgan fingerprint density at radius 1 is 1.21 bits per heavy atom. The second-order valence-electron chi connectivity index (χ2n) is 8.68. The summed E-state index contributed by atoms with van der Waals surface area (Å²) in [5, 5.41) is 1.60. The van der Waals surface area contributed by atoms with Gasteiger partial charge in [-0.05, 0) is 29.7 Å². The highest BCUT2D eigenvalue weighted by Crippen LogP contribution is 2.36. The first-order valence-electron chi connectivity index (χ1n) is 11.7. The number of ether oxygens (including phenoxy) is 1. The van der Waals surface area contributed by atoms with Gasteiger partial charge in [-0.15, -0.1) is 0 Å². The summed E-state index contributed by atoms with van der Waals surface area (Å²) in [6.45, 7) is 6.26. The van der Waals surface area contributed by atoms with Gasteiger partial charge in [-0.3, -0.25) is 14.5 Å². The number of aryl methyl sites for hydroxylation is 1. The molecule has 0 bridgehead atoms. The van der Waals surface area contributed by atoms with Crippen molar-refractivity contribution in [2.45, 2.75) is 13.3 Å². The summed E-state index contributed by atoms with van der Waals surface area (Å²) in [7, 11) is 0. The summed E-state index contributed by atoms with van der Waals surface area (Å²) >= 11 is 6.81. The summed E-state index contributed by atoms with van der Waals surface area (Å²) in [6.07, 6.45) is 4.57. The van der Waals surface area contributed by atoms with Crippen molar-refractivity contribution in [2.75, 3.05) is 57.4 Å². The molecule has 4 heterocycles. The Balaban J connectivity index is 1.32. The number of halogens is 1. The summed E-state index contributed by atoms with van der Waals surface area (Å²) in [5.74, 6) is -0.0923. The number of carbonyl (C=O) groups excluding carboxylic acids is 2. The van der Waals surface area contributed by atoms with Crippen molar-refractivity contribution in [1.82, 2.24) is 19.8 Å². The molecule has 9 heteroatoms. The van der Waals surface area contributed by atoms with E-state index in [9.17, 15) is 9.59 Å². The fourth-order valence-corrected chi connectivity index (χ4v) is 5.02. The summed E-state index contributed by atoms with van der Waals surface area (Å²) in [6, 6.07) is 7.78. The number of fused-ring (bicyclic) bond motifs is 1. The lowest BCUT2D eigenvalue weighted by Gasteiger charge is -2.36. The minimum atomic E-state index is -0.0858. The average Bonchev–Trinajstić information content (AvgIpc) is 3.29. The molecule has 0 unspecified atom stereocenters. The van der Waals surface area contributed by atoms with Crippen molar-refractivity contribution in [3.63, 3.8) is 0 Å². The smallest absolute Gasteiger partial charge is 0.246 e. The third kappa shape index (κ3) is 4.41. The minimum Gasteiger partial charge on any atom is -0.379 e. The van der Waals surface area contributed by atoms with Crippen LogP contribution in [-0.4, -0.2) is 84.1 Å². The van der Waals surface area contributed by atoms with Crippen LogP contribution in [0, 0.1) is 0 Å². The van der Waals surface area contributed by atoms with E-state index in [1.54, 1.807) is 16.0 Å². The average molecular weight is 482 g/mol. The van der Waals surface area contributed by atoms with Gasteiger partial charge in [-0.2, -0.15) is 0 Å². The molecule has 2 amide bonds. The normalized spacial score (nSPS) is 17.5. The van der Waals surface area contributed by atoms with Crippen LogP contribution < -0.4 is 4.90 Å². The van der Waals surface area contributed by atoms with Gasteiger partial charge in [0.25, 0.3) is 0 Å². The predicted molar refractivity (Wildman–Crippen MR) is 132 cm³/mol. The second kappa shape index (κ2) is 9.74. The number of rotatable bonds is 5. The number of morpholine rings is 1. The van der Waals surface area contributed by atoms with E-state index < -0.39 is 0 Å². The third-order valence-electron chi connectivity index (χ3n) is 6.61. The molecular formula is C25H28ClN5O3. The Bertz CT molecular complexity index is 1220. The molecule has 34 heavy (non-hydrogen) atoms. The molecule has 2 aromatic heterocycles. The number of hydrogen-bond acceptors (Lipinski definition) is 5. The molecule has 2 aliphatic heterocycles. The maximum Gasteiger partial charge on any atom is 0.246 e. The molecule has 5 rings (SSSR count). The number of anilines is 1. The first-order valence-corrected chi connectivity index (χ1v) is 12.1. The van der Waals surface area contributed by atoms with E-state index in [-0.39, 0.29) is 18.4 Å². The monoisotopic (exact) mass is 481 g/mol. The molecular weight excluding hydrogens is 454 g/mol. The van der Waals surface area contributed by atoms with Crippen LogP contribution in [0.2, 0.25) is 5.02 Å². The number of benzene rings is 1. The van der Waals surface area contributed by atoms with Crippen LogP contribution in [0.1, 0.15) is 12.5 Å². The van der Waals surface area contributed by atoms with E-state index in [1.165, 1.54) is 0 Å². The molecule has 0 spiro atoms. The van der Waals surface area contributed by atoms with Gasteiger partial charge in [0, 0.05) is 55.2 Å². The molecule has 178 valence electrons. The van der Waals surface area contributed by atoms with Gasteiger partial charge in [0.1, 0.15) is 12.2 Å². The van der Waals surface area contributed by atoms with Crippen molar-refractivity contribution in [1.29, 1.82) is 0 Å². The lowest BCUT2D eigenvalue weighted by atomic mass is 10.0. The standard InChI is InChI=1S/C25H28ClN5O3/c1-2-17-13-27-25-23(17)24(26)20(14-28-25)18-4-3-5-19(12-18)31-7-6-30(16-22(31)33)21(32)15-29-8-10-34-11-9-29/h3-5,12-14H,2,6-11,15-16H2,1H3,(H,27,28). The quantitative estimate of drug-likeness (QED) is 0.606. The highest BCUT2D eigenvalue weighted by atomic mass is 35.5. The van der Waals surface area contributed by atoms with Crippen molar-refractivity contribution in [3.8, 4) is 11.1 Å². The van der Waals surface area contributed by atoms with Crippen LogP contribution in [0.25, 0.3) is 22.2 Å². The predicted octanol–water partition coefficient (Wildman–Crippen LogP) is 2.95. The largest absolute Gasteiger partial charge is 0.379 e. The van der Waals surface area contributed by atoms with Crippen LogP contribution in [0.3, 0.4) is 0 Å². The zero-order valence-corrected chi connectivity index (χ0v) is 20.0. The van der Waals surface area contributed by atoms with Crippen molar-refractivity contribution in [3.05, 3.63) is 47.2 Å². The van der Waals surface area contributed by atoms with Crippen LogP contribution in [0.5, 0.6) is 0 Å². The maximum atomic E-state index is 13.0. The van der Waals surface area contributed by atoms with Crippen LogP contribution >= 0.6 is 11.6 Å². The number of piperazine rings is 1. The van der Waals surface area contributed by atoms with Gasteiger partial charge < -0.3 is 19.5 Å². The lowest BCUT2D eigenvalue weighted by Crippen LogP contribution is -2.55. The Morgan fingerprint density at radius 3 is 2.79 bits per heavy atom. The highest BCUT2D eigenvalue weighted by molar-refractivity contribution is 6.38. The Morgan fingerprint density at radius 2 is 2.03 bits per heavy atom. The number of nitrogens with zero attached hydrogens (tertiary/aromatic N) is 4. The second-order valence-corrected chi connectivity index (χ2v) is 9.05. The fraction of sp³-hybridized carbons (Fsp3) is 0.400. The highest BCUT2D eigenvalue weighted by Gasteiger charge is 2.29. The number of carbonyl (C=O) groups is 2. The molecule has 0 atom stereocenters. The molecule has 1 aromatic carbocycles. The Kier molecular flexibility index (Phi) is 6.54. The molecule has 3 aromatic rings. The van der Waals surface area contributed by atoms with Gasteiger partial charge in [0.15, 0.2) is 0 Å². The topological polar surface area (TPSA) is 81.8 Å². The first kappa shape index (κ1) is 22.8. The molecule has 1 N–H and O–H groups in total. The molecule has 2 fully saturated rings. The lowest BCUT2D eigenvalue weighted by molar-refractivity contribution is -0.138. The molecule has 0 radical (unpaired) electrons. The van der Waals surface area contributed by atoms with Gasteiger partial charge in [-0.25, -0.2) is 4.98 Å². The molecule has 2 aliphatic rings. The van der Waals surface area contributed by atoms with E-state index in [0.29, 0.717) is 37.9 Å². The fourth-order valence-electron chi connectivity index (χ4n) is 4.65. The van der Waals surface area contributed by atoms with Gasteiger partial charge in [0.05, 0.1) is 24.8 Å². The van der Waals surface area contributed by atoms with E-state index in [1.807, 2.05) is 30.5 Å². The molecule has 8 nitrogen and oxygen atoms in total. The zero-order chi connectivity index (χ0) is 23.7. The van der Waals surface area contributed by atoms with E-state index >= 15 is 0 Å². The summed E-state index contributed by atoms with van der Waals surface area (Å²) in [5.41, 5.74) is 4.42. The number of aromatic nitrogens is 2. The van der Waals surface area contributed by atoms with E-state index in [2.05, 4.69) is 21.8 Å². The van der Waals surface area contributed by atoms with Gasteiger partial charge in [0.2, 0.25) is 11.8 Å². The first-order chi connectivity index (χ1) is 16.5. The van der Waals surface area contributed by atoms with Crippen molar-refractivity contribution < 1.29 is 14.3 Å². The minimum absolute atomic E-state index is 0.00644. The number of amides is 2. The SMILES string of the molecule is CCc1c[nH]c2ncc(-c3cccc(N4CCN(C(=O)CN5CCOCC5)CC4=O)c3)c(Cl)c12. The van der Waals surface area contributed by atoms with E-state index in [0.717, 1.165) is 52.9 Å². The molecule has 0 saturated carbocycles. The number of aromatic amines is 1.